The van der Waals surface area contributed by atoms with Gasteiger partial charge in [0.1, 0.15) is 0 Å². The van der Waals surface area contributed by atoms with E-state index < -0.39 is 0 Å². The van der Waals surface area contributed by atoms with E-state index in [0.29, 0.717) is 0 Å². The van der Waals surface area contributed by atoms with E-state index in [2.05, 4.69) is 24.3 Å². The van der Waals surface area contributed by atoms with Crippen molar-refractivity contribution in [1.29, 1.82) is 0 Å². The third kappa shape index (κ3) is 15.6. The number of aliphatic hydroxyl groups excluding tert-OH is 1. The van der Waals surface area contributed by atoms with Crippen molar-refractivity contribution in [3.8, 4) is 0 Å². The minimum atomic E-state index is -0.183. The van der Waals surface area contributed by atoms with Gasteiger partial charge in [-0.25, -0.2) is 0 Å². The van der Waals surface area contributed by atoms with Crippen LogP contribution in [0.4, 0.5) is 0 Å². The molecule has 0 aliphatic rings. The summed E-state index contributed by atoms with van der Waals surface area (Å²) in [4.78, 5) is 0. The van der Waals surface area contributed by atoms with Gasteiger partial charge in [0, 0.05) is 6.42 Å². The molecule has 0 aromatic carbocycles. The molecule has 0 saturated heterocycles. The predicted molar refractivity (Wildman–Crippen MR) is 89.3 cm³/mol. The zero-order chi connectivity index (χ0) is 16.1. The standard InChI is InChI=1S/C18H34O3/c1-15(2)20-18(21-16(3)4)14-12-10-8-6-7-9-11-13-17(5)19/h6-7,10,12,15-19H,8-9,11,13-14H2,1-5H3/b7-6-,12-10-. The first kappa shape index (κ1) is 20.4. The predicted octanol–water partition coefficient (Wildman–Crippen LogP) is 4.61. The first-order valence-electron chi connectivity index (χ1n) is 8.20. The molecule has 124 valence electrons. The Kier molecular flexibility index (Phi) is 12.7. The highest BCUT2D eigenvalue weighted by Crippen LogP contribution is 2.09. The van der Waals surface area contributed by atoms with Gasteiger partial charge < -0.3 is 14.6 Å². The lowest BCUT2D eigenvalue weighted by Crippen LogP contribution is -2.23. The molecule has 0 fully saturated rings. The molecule has 0 saturated carbocycles. The maximum absolute atomic E-state index is 9.14. The largest absolute Gasteiger partial charge is 0.393 e. The topological polar surface area (TPSA) is 38.7 Å². The Bertz CT molecular complexity index is 270. The van der Waals surface area contributed by atoms with Gasteiger partial charge in [-0.2, -0.15) is 0 Å². The zero-order valence-corrected chi connectivity index (χ0v) is 14.4. The number of aliphatic hydroxyl groups is 1. The van der Waals surface area contributed by atoms with Crippen LogP contribution in [0, 0.1) is 0 Å². The van der Waals surface area contributed by atoms with Crippen LogP contribution >= 0.6 is 0 Å². The number of unbranched alkanes of at least 4 members (excludes halogenated alkanes) is 1. The molecule has 1 unspecified atom stereocenters. The van der Waals surface area contributed by atoms with Crippen molar-refractivity contribution >= 4 is 0 Å². The normalized spacial score (nSPS) is 14.3. The first-order chi connectivity index (χ1) is 9.91. The smallest absolute Gasteiger partial charge is 0.161 e. The minimum Gasteiger partial charge on any atom is -0.393 e. The second kappa shape index (κ2) is 13.1. The number of allylic oxidation sites excluding steroid dienone is 3. The van der Waals surface area contributed by atoms with Crippen LogP contribution in [-0.4, -0.2) is 29.7 Å². The highest BCUT2D eigenvalue weighted by molar-refractivity contribution is 4.93. The number of rotatable bonds is 12. The van der Waals surface area contributed by atoms with Crippen LogP contribution in [0.5, 0.6) is 0 Å². The average Bonchev–Trinajstić information content (AvgIpc) is 2.34. The molecule has 0 heterocycles. The van der Waals surface area contributed by atoms with Crippen LogP contribution < -0.4 is 0 Å². The van der Waals surface area contributed by atoms with Gasteiger partial charge in [-0.3, -0.25) is 0 Å². The molecule has 21 heavy (non-hydrogen) atoms. The van der Waals surface area contributed by atoms with Crippen molar-refractivity contribution in [3.05, 3.63) is 24.3 Å². The lowest BCUT2D eigenvalue weighted by Gasteiger charge is -2.21. The Morgan fingerprint density at radius 1 is 0.857 bits per heavy atom. The minimum absolute atomic E-state index is 0.156. The van der Waals surface area contributed by atoms with E-state index >= 15 is 0 Å². The van der Waals surface area contributed by atoms with Crippen molar-refractivity contribution in [2.24, 2.45) is 0 Å². The summed E-state index contributed by atoms with van der Waals surface area (Å²) in [6, 6.07) is 0. The Morgan fingerprint density at radius 3 is 1.95 bits per heavy atom. The van der Waals surface area contributed by atoms with E-state index in [9.17, 15) is 0 Å². The molecule has 0 aliphatic heterocycles. The van der Waals surface area contributed by atoms with Crippen molar-refractivity contribution in [2.45, 2.75) is 91.3 Å². The summed E-state index contributed by atoms with van der Waals surface area (Å²) in [5.41, 5.74) is 0. The van der Waals surface area contributed by atoms with Crippen molar-refractivity contribution in [1.82, 2.24) is 0 Å². The van der Waals surface area contributed by atoms with Crippen LogP contribution in [0.25, 0.3) is 0 Å². The van der Waals surface area contributed by atoms with E-state index in [1.165, 1.54) is 0 Å². The molecule has 3 heteroatoms. The van der Waals surface area contributed by atoms with Gasteiger partial charge in [0.15, 0.2) is 6.29 Å². The molecule has 1 N–H and O–H groups in total. The molecule has 0 bridgehead atoms. The molecular formula is C18H34O3. The van der Waals surface area contributed by atoms with Gasteiger partial charge >= 0.3 is 0 Å². The molecule has 0 spiro atoms. The summed E-state index contributed by atoms with van der Waals surface area (Å²) >= 11 is 0. The molecule has 0 aromatic heterocycles. The number of ether oxygens (including phenoxy) is 2. The Balaban J connectivity index is 3.81. The highest BCUT2D eigenvalue weighted by atomic mass is 16.7. The molecule has 0 aromatic rings. The van der Waals surface area contributed by atoms with Crippen LogP contribution in [-0.2, 0) is 9.47 Å². The van der Waals surface area contributed by atoms with Crippen LogP contribution in [0.2, 0.25) is 0 Å². The molecule has 0 aliphatic carbocycles. The number of hydrogen-bond acceptors (Lipinski definition) is 3. The quantitative estimate of drug-likeness (QED) is 0.325. The van der Waals surface area contributed by atoms with Crippen LogP contribution in [0.15, 0.2) is 24.3 Å². The monoisotopic (exact) mass is 298 g/mol. The molecule has 1 atom stereocenters. The third-order valence-corrected chi connectivity index (χ3v) is 2.77. The fourth-order valence-electron chi connectivity index (χ4n) is 1.88. The van der Waals surface area contributed by atoms with E-state index in [1.807, 2.05) is 34.6 Å². The number of hydrogen-bond donors (Lipinski definition) is 1. The zero-order valence-electron chi connectivity index (χ0n) is 14.4. The molecule has 0 radical (unpaired) electrons. The van der Waals surface area contributed by atoms with E-state index in [0.717, 1.165) is 32.1 Å². The van der Waals surface area contributed by atoms with Crippen molar-refractivity contribution < 1.29 is 14.6 Å². The maximum atomic E-state index is 9.14. The molecular weight excluding hydrogens is 264 g/mol. The fourth-order valence-corrected chi connectivity index (χ4v) is 1.88. The third-order valence-electron chi connectivity index (χ3n) is 2.77. The van der Waals surface area contributed by atoms with E-state index in [4.69, 9.17) is 14.6 Å². The van der Waals surface area contributed by atoms with Gasteiger partial charge in [0.2, 0.25) is 0 Å². The van der Waals surface area contributed by atoms with Gasteiger partial charge in [-0.15, -0.1) is 0 Å². The van der Waals surface area contributed by atoms with Crippen LogP contribution in [0.3, 0.4) is 0 Å². The maximum Gasteiger partial charge on any atom is 0.161 e. The van der Waals surface area contributed by atoms with Crippen LogP contribution in [0.1, 0.15) is 66.7 Å². The fraction of sp³-hybridized carbons (Fsp3) is 0.778. The SMILES string of the molecule is CC(O)CCC/C=C\C/C=C\CC(OC(C)C)OC(C)C. The van der Waals surface area contributed by atoms with Crippen molar-refractivity contribution in [2.75, 3.05) is 0 Å². The summed E-state index contributed by atoms with van der Waals surface area (Å²) in [5.74, 6) is 0. The summed E-state index contributed by atoms with van der Waals surface area (Å²) in [5, 5.41) is 9.14. The second-order valence-corrected chi connectivity index (χ2v) is 5.99. The van der Waals surface area contributed by atoms with Gasteiger partial charge in [0.25, 0.3) is 0 Å². The average molecular weight is 298 g/mol. The molecule has 0 rings (SSSR count). The van der Waals surface area contributed by atoms with E-state index in [-0.39, 0.29) is 24.6 Å². The Labute approximate surface area is 131 Å². The summed E-state index contributed by atoms with van der Waals surface area (Å²) in [6.45, 7) is 9.93. The summed E-state index contributed by atoms with van der Waals surface area (Å²) in [6.07, 6.45) is 13.3. The summed E-state index contributed by atoms with van der Waals surface area (Å²) in [7, 11) is 0. The first-order valence-corrected chi connectivity index (χ1v) is 8.20. The van der Waals surface area contributed by atoms with E-state index in [1.54, 1.807) is 0 Å². The van der Waals surface area contributed by atoms with Gasteiger partial charge in [-0.1, -0.05) is 24.3 Å². The summed E-state index contributed by atoms with van der Waals surface area (Å²) < 4.78 is 11.5. The highest BCUT2D eigenvalue weighted by Gasteiger charge is 2.11. The van der Waals surface area contributed by atoms with Crippen molar-refractivity contribution in [3.63, 3.8) is 0 Å². The second-order valence-electron chi connectivity index (χ2n) is 5.99. The lowest BCUT2D eigenvalue weighted by atomic mass is 10.1. The Hall–Kier alpha value is -0.640. The van der Waals surface area contributed by atoms with Gasteiger partial charge in [0.05, 0.1) is 18.3 Å². The lowest BCUT2D eigenvalue weighted by molar-refractivity contribution is -0.178. The Morgan fingerprint density at radius 2 is 1.43 bits per heavy atom. The van der Waals surface area contributed by atoms with Gasteiger partial charge in [-0.05, 0) is 60.3 Å². The molecule has 3 nitrogen and oxygen atoms in total. The molecule has 0 amide bonds.